The molecule has 21 heavy (non-hydrogen) atoms. The second-order valence-corrected chi connectivity index (χ2v) is 6.22. The van der Waals surface area contributed by atoms with Crippen LogP contribution in [0.1, 0.15) is 30.0 Å². The third kappa shape index (κ3) is 2.56. The Labute approximate surface area is 127 Å². The predicted molar refractivity (Wildman–Crippen MR) is 83.3 cm³/mol. The fourth-order valence-electron chi connectivity index (χ4n) is 3.22. The minimum Gasteiger partial charge on any atom is -0.360 e. The van der Waals surface area contributed by atoms with Crippen LogP contribution in [-0.2, 0) is 6.54 Å². The van der Waals surface area contributed by atoms with Crippen LogP contribution in [0.15, 0.2) is 30.0 Å². The first-order valence-electron chi connectivity index (χ1n) is 7.29. The largest absolute Gasteiger partial charge is 0.360 e. The van der Waals surface area contributed by atoms with Crippen LogP contribution >= 0.6 is 11.5 Å². The van der Waals surface area contributed by atoms with Crippen molar-refractivity contribution in [2.24, 2.45) is 0 Å². The number of likely N-dealkylation sites (tertiary alicyclic amines) is 1. The lowest BCUT2D eigenvalue weighted by atomic mass is 9.89. The number of pyridine rings is 1. The third-order valence-corrected chi connectivity index (χ3v) is 4.89. The normalized spacial score (nSPS) is 17.5. The van der Waals surface area contributed by atoms with Crippen LogP contribution in [0.25, 0.3) is 10.9 Å². The summed E-state index contributed by atoms with van der Waals surface area (Å²) in [6, 6.07) is 2.12. The number of rotatable bonds is 3. The Morgan fingerprint density at radius 2 is 2.24 bits per heavy atom. The van der Waals surface area contributed by atoms with Crippen molar-refractivity contribution in [3.05, 3.63) is 41.3 Å². The van der Waals surface area contributed by atoms with Crippen molar-refractivity contribution in [1.82, 2.24) is 24.5 Å². The van der Waals surface area contributed by atoms with Gasteiger partial charge in [0.25, 0.3) is 0 Å². The standard InChI is InChI=1S/C15H17N5S/c1-4-16-8-15-13(1)14(7-17-15)11-2-5-20(6-3-11)9-12-10-21-19-18-12/h1,4,7-8,10-11,17H,2-3,5-6,9H2. The van der Waals surface area contributed by atoms with Crippen molar-refractivity contribution in [1.29, 1.82) is 0 Å². The molecule has 0 radical (unpaired) electrons. The van der Waals surface area contributed by atoms with Gasteiger partial charge in [-0.15, -0.1) is 5.10 Å². The van der Waals surface area contributed by atoms with E-state index in [1.165, 1.54) is 35.3 Å². The van der Waals surface area contributed by atoms with Gasteiger partial charge < -0.3 is 4.98 Å². The van der Waals surface area contributed by atoms with Gasteiger partial charge in [0, 0.05) is 29.7 Å². The topological polar surface area (TPSA) is 57.7 Å². The number of H-pyrrole nitrogens is 1. The molecule has 1 aliphatic rings. The van der Waals surface area contributed by atoms with E-state index < -0.39 is 0 Å². The molecule has 0 aliphatic carbocycles. The lowest BCUT2D eigenvalue weighted by Gasteiger charge is -2.31. The highest BCUT2D eigenvalue weighted by Crippen LogP contribution is 2.33. The average molecular weight is 299 g/mol. The molecule has 4 rings (SSSR count). The van der Waals surface area contributed by atoms with Crippen molar-refractivity contribution >= 4 is 22.4 Å². The van der Waals surface area contributed by atoms with Crippen LogP contribution in [0.3, 0.4) is 0 Å². The Morgan fingerprint density at radius 1 is 1.33 bits per heavy atom. The molecular formula is C15H17N5S. The van der Waals surface area contributed by atoms with Gasteiger partial charge >= 0.3 is 0 Å². The molecular weight excluding hydrogens is 282 g/mol. The van der Waals surface area contributed by atoms with Crippen molar-refractivity contribution in [2.75, 3.05) is 13.1 Å². The van der Waals surface area contributed by atoms with Gasteiger partial charge in [-0.25, -0.2) is 0 Å². The smallest absolute Gasteiger partial charge is 0.0895 e. The molecule has 0 saturated carbocycles. The molecule has 6 heteroatoms. The van der Waals surface area contributed by atoms with Crippen molar-refractivity contribution < 1.29 is 0 Å². The molecule has 0 bridgehead atoms. The maximum absolute atomic E-state index is 4.17. The molecule has 3 aromatic rings. The Kier molecular flexibility index (Phi) is 3.40. The predicted octanol–water partition coefficient (Wildman–Crippen LogP) is 2.79. The zero-order valence-corrected chi connectivity index (χ0v) is 12.5. The number of aromatic amines is 1. The van der Waals surface area contributed by atoms with E-state index in [9.17, 15) is 0 Å². The van der Waals surface area contributed by atoms with Gasteiger partial charge in [0.2, 0.25) is 0 Å². The summed E-state index contributed by atoms with van der Waals surface area (Å²) in [6.45, 7) is 3.18. The highest BCUT2D eigenvalue weighted by Gasteiger charge is 2.23. The molecule has 4 heterocycles. The number of nitrogens with zero attached hydrogens (tertiary/aromatic N) is 4. The fraction of sp³-hybridized carbons (Fsp3) is 0.400. The summed E-state index contributed by atoms with van der Waals surface area (Å²) < 4.78 is 3.93. The maximum atomic E-state index is 4.17. The minimum absolute atomic E-state index is 0.644. The summed E-state index contributed by atoms with van der Waals surface area (Å²) in [5.74, 6) is 0.644. The van der Waals surface area contributed by atoms with Crippen LogP contribution in [0.4, 0.5) is 0 Å². The molecule has 0 amide bonds. The first kappa shape index (κ1) is 12.9. The SMILES string of the molecule is c1cc2c(C3CCN(Cc4csnn4)CC3)c[nH]c2cn1. The van der Waals surface area contributed by atoms with E-state index in [0.717, 1.165) is 30.8 Å². The fourth-order valence-corrected chi connectivity index (χ4v) is 3.66. The number of hydrogen-bond donors (Lipinski definition) is 1. The molecule has 1 fully saturated rings. The number of hydrogen-bond acceptors (Lipinski definition) is 5. The average Bonchev–Trinajstić information content (AvgIpc) is 3.17. The van der Waals surface area contributed by atoms with E-state index in [2.05, 4.69) is 36.7 Å². The molecule has 0 atom stereocenters. The second kappa shape index (κ2) is 5.54. The molecule has 1 saturated heterocycles. The van der Waals surface area contributed by atoms with E-state index in [1.807, 2.05) is 17.8 Å². The Hall–Kier alpha value is -1.79. The highest BCUT2D eigenvalue weighted by atomic mass is 32.1. The molecule has 0 spiro atoms. The van der Waals surface area contributed by atoms with Crippen LogP contribution in [-0.4, -0.2) is 37.5 Å². The van der Waals surface area contributed by atoms with E-state index in [1.54, 1.807) is 0 Å². The van der Waals surface area contributed by atoms with E-state index >= 15 is 0 Å². The Morgan fingerprint density at radius 3 is 3.05 bits per heavy atom. The summed E-state index contributed by atoms with van der Waals surface area (Å²) >= 11 is 1.43. The van der Waals surface area contributed by atoms with Gasteiger partial charge in [-0.2, -0.15) is 0 Å². The van der Waals surface area contributed by atoms with Crippen molar-refractivity contribution in [3.63, 3.8) is 0 Å². The summed E-state index contributed by atoms with van der Waals surface area (Å²) in [5.41, 5.74) is 3.68. The van der Waals surface area contributed by atoms with Gasteiger partial charge in [0.05, 0.1) is 17.4 Å². The maximum Gasteiger partial charge on any atom is 0.0895 e. The van der Waals surface area contributed by atoms with Gasteiger partial charge in [0.1, 0.15) is 0 Å². The molecule has 1 aliphatic heterocycles. The molecule has 0 aromatic carbocycles. The molecule has 108 valence electrons. The lowest BCUT2D eigenvalue weighted by molar-refractivity contribution is 0.203. The van der Waals surface area contributed by atoms with Gasteiger partial charge in [-0.1, -0.05) is 4.49 Å². The summed E-state index contributed by atoms with van der Waals surface area (Å²) in [4.78, 5) is 9.99. The highest BCUT2D eigenvalue weighted by molar-refractivity contribution is 7.03. The van der Waals surface area contributed by atoms with Gasteiger partial charge in [0.15, 0.2) is 0 Å². The van der Waals surface area contributed by atoms with Crippen molar-refractivity contribution in [2.45, 2.75) is 25.3 Å². The second-order valence-electron chi connectivity index (χ2n) is 5.61. The van der Waals surface area contributed by atoms with Crippen LogP contribution in [0, 0.1) is 0 Å². The van der Waals surface area contributed by atoms with Crippen LogP contribution < -0.4 is 0 Å². The van der Waals surface area contributed by atoms with E-state index in [0.29, 0.717) is 5.92 Å². The zero-order chi connectivity index (χ0) is 14.1. The minimum atomic E-state index is 0.644. The molecule has 5 nitrogen and oxygen atoms in total. The quantitative estimate of drug-likeness (QED) is 0.808. The van der Waals surface area contributed by atoms with Gasteiger partial charge in [-0.3, -0.25) is 9.88 Å². The van der Waals surface area contributed by atoms with E-state index in [-0.39, 0.29) is 0 Å². The molecule has 0 unspecified atom stereocenters. The monoisotopic (exact) mass is 299 g/mol. The number of piperidine rings is 1. The third-order valence-electron chi connectivity index (χ3n) is 4.33. The van der Waals surface area contributed by atoms with E-state index in [4.69, 9.17) is 0 Å². The first-order chi connectivity index (χ1) is 10.4. The van der Waals surface area contributed by atoms with Crippen LogP contribution in [0.5, 0.6) is 0 Å². The molecule has 1 N–H and O–H groups in total. The Bertz CT molecular complexity index is 713. The molecule has 3 aromatic heterocycles. The number of fused-ring (bicyclic) bond motifs is 1. The number of nitrogens with one attached hydrogen (secondary N) is 1. The summed E-state index contributed by atoms with van der Waals surface area (Å²) in [5, 5.41) is 7.50. The number of aromatic nitrogens is 4. The Balaban J connectivity index is 1.45. The summed E-state index contributed by atoms with van der Waals surface area (Å²) in [6.07, 6.45) is 8.35. The van der Waals surface area contributed by atoms with Gasteiger partial charge in [-0.05, 0) is 55.0 Å². The zero-order valence-electron chi connectivity index (χ0n) is 11.7. The van der Waals surface area contributed by atoms with Crippen LogP contribution in [0.2, 0.25) is 0 Å². The lowest BCUT2D eigenvalue weighted by Crippen LogP contribution is -2.32. The van der Waals surface area contributed by atoms with Crippen molar-refractivity contribution in [3.8, 4) is 0 Å². The first-order valence-corrected chi connectivity index (χ1v) is 8.13. The summed E-state index contributed by atoms with van der Waals surface area (Å²) in [7, 11) is 0.